The second kappa shape index (κ2) is 3.00. The Labute approximate surface area is 75.2 Å². The highest BCUT2D eigenvalue weighted by molar-refractivity contribution is 5.13. The lowest BCUT2D eigenvalue weighted by Gasteiger charge is -2.24. The van der Waals surface area contributed by atoms with Crippen LogP contribution in [-0.4, -0.2) is 17.8 Å². The molecule has 72 valence electrons. The first-order valence-corrected chi connectivity index (χ1v) is 4.88. The Hall–Kier alpha value is -0.0800. The van der Waals surface area contributed by atoms with Crippen LogP contribution in [0.5, 0.6) is 0 Å². The van der Waals surface area contributed by atoms with Gasteiger partial charge in [0, 0.05) is 12.0 Å². The summed E-state index contributed by atoms with van der Waals surface area (Å²) in [6.07, 6.45) is 2.82. The number of hydrogen-bond acceptors (Lipinski definition) is 2. The smallest absolute Gasteiger partial charge is 0.0613 e. The van der Waals surface area contributed by atoms with Crippen molar-refractivity contribution in [2.75, 3.05) is 6.54 Å². The first-order valence-electron chi connectivity index (χ1n) is 4.88. The van der Waals surface area contributed by atoms with E-state index in [-0.39, 0.29) is 16.9 Å². The Morgan fingerprint density at radius 2 is 2.00 bits per heavy atom. The Bertz CT molecular complexity index is 167. The molecule has 2 unspecified atom stereocenters. The highest BCUT2D eigenvalue weighted by atomic mass is 16.3. The first kappa shape index (κ1) is 10.0. The fraction of sp³-hybridized carbons (Fsp3) is 1.00. The standard InChI is InChI=1S/C10H21NO/c1-4-5-8(12)10(7-11)6-9(10,2)3/h8,12H,4-7,11H2,1-3H3. The third-order valence-corrected chi connectivity index (χ3v) is 3.54. The van der Waals surface area contributed by atoms with Crippen molar-refractivity contribution in [2.45, 2.75) is 46.1 Å². The minimum Gasteiger partial charge on any atom is -0.392 e. The molecule has 1 aliphatic carbocycles. The van der Waals surface area contributed by atoms with Crippen LogP contribution in [0.25, 0.3) is 0 Å². The van der Waals surface area contributed by atoms with Gasteiger partial charge in [-0.2, -0.15) is 0 Å². The van der Waals surface area contributed by atoms with E-state index in [0.29, 0.717) is 6.54 Å². The quantitative estimate of drug-likeness (QED) is 0.673. The van der Waals surface area contributed by atoms with Gasteiger partial charge in [-0.3, -0.25) is 0 Å². The predicted octanol–water partition coefficient (Wildman–Crippen LogP) is 1.52. The normalized spacial score (nSPS) is 34.8. The number of hydrogen-bond donors (Lipinski definition) is 2. The van der Waals surface area contributed by atoms with Crippen LogP contribution in [0, 0.1) is 10.8 Å². The lowest BCUT2D eigenvalue weighted by molar-refractivity contribution is 0.0669. The topological polar surface area (TPSA) is 46.2 Å². The van der Waals surface area contributed by atoms with Crippen LogP contribution in [0.2, 0.25) is 0 Å². The van der Waals surface area contributed by atoms with Crippen LogP contribution in [0.15, 0.2) is 0 Å². The molecule has 3 N–H and O–H groups in total. The number of rotatable bonds is 4. The Kier molecular flexibility index (Phi) is 2.50. The van der Waals surface area contributed by atoms with Crippen molar-refractivity contribution in [1.82, 2.24) is 0 Å². The fourth-order valence-electron chi connectivity index (χ4n) is 2.35. The monoisotopic (exact) mass is 171 g/mol. The van der Waals surface area contributed by atoms with Crippen molar-refractivity contribution in [2.24, 2.45) is 16.6 Å². The van der Waals surface area contributed by atoms with Gasteiger partial charge in [-0.15, -0.1) is 0 Å². The Morgan fingerprint density at radius 1 is 1.50 bits per heavy atom. The second-order valence-electron chi connectivity index (χ2n) is 4.73. The van der Waals surface area contributed by atoms with Gasteiger partial charge in [0.25, 0.3) is 0 Å². The van der Waals surface area contributed by atoms with Crippen molar-refractivity contribution >= 4 is 0 Å². The zero-order valence-electron chi connectivity index (χ0n) is 8.43. The van der Waals surface area contributed by atoms with Gasteiger partial charge in [0.1, 0.15) is 0 Å². The second-order valence-corrected chi connectivity index (χ2v) is 4.73. The Balaban J connectivity index is 2.59. The molecule has 0 radical (unpaired) electrons. The van der Waals surface area contributed by atoms with Crippen LogP contribution in [0.4, 0.5) is 0 Å². The zero-order chi connectivity index (χ0) is 9.41. The van der Waals surface area contributed by atoms with E-state index in [1.54, 1.807) is 0 Å². The first-order chi connectivity index (χ1) is 5.50. The van der Waals surface area contributed by atoms with Gasteiger partial charge >= 0.3 is 0 Å². The van der Waals surface area contributed by atoms with Crippen molar-refractivity contribution in [3.8, 4) is 0 Å². The molecule has 2 atom stereocenters. The maximum atomic E-state index is 9.90. The molecule has 2 nitrogen and oxygen atoms in total. The van der Waals surface area contributed by atoms with E-state index in [9.17, 15) is 5.11 Å². The van der Waals surface area contributed by atoms with Crippen LogP contribution in [0.3, 0.4) is 0 Å². The van der Waals surface area contributed by atoms with Gasteiger partial charge in [-0.05, 0) is 18.3 Å². The summed E-state index contributed by atoms with van der Waals surface area (Å²) >= 11 is 0. The van der Waals surface area contributed by atoms with E-state index in [2.05, 4.69) is 20.8 Å². The van der Waals surface area contributed by atoms with E-state index >= 15 is 0 Å². The Morgan fingerprint density at radius 3 is 2.25 bits per heavy atom. The van der Waals surface area contributed by atoms with Gasteiger partial charge in [0.15, 0.2) is 0 Å². The summed E-state index contributed by atoms with van der Waals surface area (Å²) in [7, 11) is 0. The van der Waals surface area contributed by atoms with Gasteiger partial charge in [0.2, 0.25) is 0 Å². The molecular weight excluding hydrogens is 150 g/mol. The molecule has 0 aromatic carbocycles. The maximum Gasteiger partial charge on any atom is 0.0613 e. The average molecular weight is 171 g/mol. The zero-order valence-corrected chi connectivity index (χ0v) is 8.43. The van der Waals surface area contributed by atoms with Crippen LogP contribution in [0.1, 0.15) is 40.0 Å². The fourth-order valence-corrected chi connectivity index (χ4v) is 2.35. The van der Waals surface area contributed by atoms with Crippen molar-refractivity contribution < 1.29 is 5.11 Å². The molecule has 1 saturated carbocycles. The molecule has 0 aliphatic heterocycles. The third-order valence-electron chi connectivity index (χ3n) is 3.54. The summed E-state index contributed by atoms with van der Waals surface area (Å²) in [6.45, 7) is 7.11. The molecule has 0 aromatic rings. The van der Waals surface area contributed by atoms with Gasteiger partial charge in [-0.1, -0.05) is 27.2 Å². The summed E-state index contributed by atoms with van der Waals surface area (Å²) in [5.74, 6) is 0. The summed E-state index contributed by atoms with van der Waals surface area (Å²) in [4.78, 5) is 0. The summed E-state index contributed by atoms with van der Waals surface area (Å²) < 4.78 is 0. The summed E-state index contributed by atoms with van der Waals surface area (Å²) in [5, 5.41) is 9.90. The maximum absolute atomic E-state index is 9.90. The van der Waals surface area contributed by atoms with E-state index in [1.165, 1.54) is 0 Å². The van der Waals surface area contributed by atoms with E-state index in [4.69, 9.17) is 5.73 Å². The molecule has 0 aromatic heterocycles. The predicted molar refractivity (Wildman–Crippen MR) is 50.8 cm³/mol. The van der Waals surface area contributed by atoms with Gasteiger partial charge in [0.05, 0.1) is 6.10 Å². The molecule has 1 fully saturated rings. The molecular formula is C10H21NO. The molecule has 1 rings (SSSR count). The molecule has 0 heterocycles. The molecule has 12 heavy (non-hydrogen) atoms. The van der Waals surface area contributed by atoms with Crippen LogP contribution < -0.4 is 5.73 Å². The van der Waals surface area contributed by atoms with Gasteiger partial charge < -0.3 is 10.8 Å². The molecule has 1 aliphatic rings. The molecule has 2 heteroatoms. The van der Waals surface area contributed by atoms with Crippen molar-refractivity contribution in [1.29, 1.82) is 0 Å². The SMILES string of the molecule is CCCC(O)C1(CN)CC1(C)C. The molecule has 0 saturated heterocycles. The highest BCUT2D eigenvalue weighted by Gasteiger charge is 2.63. The van der Waals surface area contributed by atoms with Crippen LogP contribution >= 0.6 is 0 Å². The summed E-state index contributed by atoms with van der Waals surface area (Å²) in [6, 6.07) is 0. The van der Waals surface area contributed by atoms with E-state index < -0.39 is 0 Å². The van der Waals surface area contributed by atoms with E-state index in [1.807, 2.05) is 0 Å². The lowest BCUT2D eigenvalue weighted by Crippen LogP contribution is -2.33. The highest BCUT2D eigenvalue weighted by Crippen LogP contribution is 2.65. The lowest BCUT2D eigenvalue weighted by atomic mass is 9.88. The van der Waals surface area contributed by atoms with Crippen molar-refractivity contribution in [3.05, 3.63) is 0 Å². The summed E-state index contributed by atoms with van der Waals surface area (Å²) in [5.41, 5.74) is 6.01. The van der Waals surface area contributed by atoms with E-state index in [0.717, 1.165) is 19.3 Å². The number of nitrogens with two attached hydrogens (primary N) is 1. The minimum absolute atomic E-state index is 0.0308. The van der Waals surface area contributed by atoms with Crippen LogP contribution in [-0.2, 0) is 0 Å². The third kappa shape index (κ3) is 1.27. The minimum atomic E-state index is -0.192. The van der Waals surface area contributed by atoms with Crippen molar-refractivity contribution in [3.63, 3.8) is 0 Å². The average Bonchev–Trinajstić information content (AvgIpc) is 2.55. The largest absolute Gasteiger partial charge is 0.392 e. The van der Waals surface area contributed by atoms with Gasteiger partial charge in [-0.25, -0.2) is 0 Å². The molecule has 0 spiro atoms. The number of aliphatic hydroxyl groups is 1. The molecule has 0 amide bonds. The molecule has 0 bridgehead atoms. The number of aliphatic hydroxyl groups excluding tert-OH is 1.